The van der Waals surface area contributed by atoms with Gasteiger partial charge in [0.25, 0.3) is 0 Å². The summed E-state index contributed by atoms with van der Waals surface area (Å²) in [6, 6.07) is 15.6. The zero-order valence-corrected chi connectivity index (χ0v) is 12.3. The van der Waals surface area contributed by atoms with Crippen LogP contribution < -0.4 is 5.32 Å². The molecule has 2 nitrogen and oxygen atoms in total. The van der Waals surface area contributed by atoms with E-state index in [0.29, 0.717) is 19.8 Å². The van der Waals surface area contributed by atoms with Gasteiger partial charge in [0.1, 0.15) is 0 Å². The molecule has 0 fully saturated rings. The van der Waals surface area contributed by atoms with E-state index in [2.05, 4.69) is 5.32 Å². The van der Waals surface area contributed by atoms with Crippen molar-refractivity contribution in [2.45, 2.75) is 32.0 Å². The number of benzene rings is 2. The molecule has 3 rings (SSSR count). The number of alkyl halides is 2. The Balaban J connectivity index is 1.68. The highest BCUT2D eigenvalue weighted by molar-refractivity contribution is 5.49. The van der Waals surface area contributed by atoms with Gasteiger partial charge in [-0.25, -0.2) is 8.78 Å². The van der Waals surface area contributed by atoms with Crippen LogP contribution in [0.1, 0.15) is 29.0 Å². The Bertz CT molecular complexity index is 616. The van der Waals surface area contributed by atoms with Gasteiger partial charge < -0.3 is 10.1 Å². The van der Waals surface area contributed by atoms with Crippen LogP contribution in [0.4, 0.5) is 14.5 Å². The Morgan fingerprint density at radius 1 is 1.00 bits per heavy atom. The molecule has 1 unspecified atom stereocenters. The van der Waals surface area contributed by atoms with E-state index in [1.54, 1.807) is 0 Å². The summed E-state index contributed by atoms with van der Waals surface area (Å²) in [4.78, 5) is 0. The monoisotopic (exact) mass is 303 g/mol. The van der Waals surface area contributed by atoms with Crippen molar-refractivity contribution >= 4 is 5.69 Å². The number of ether oxygens (including phenoxy) is 1. The first-order valence-corrected chi connectivity index (χ1v) is 7.49. The van der Waals surface area contributed by atoms with E-state index in [1.165, 1.54) is 11.1 Å². The number of nitrogens with one attached hydrogen (secondary N) is 1. The fourth-order valence-electron chi connectivity index (χ4n) is 2.80. The Morgan fingerprint density at radius 3 is 2.55 bits per heavy atom. The lowest BCUT2D eigenvalue weighted by Gasteiger charge is -2.19. The first kappa shape index (κ1) is 15.0. The van der Waals surface area contributed by atoms with E-state index in [9.17, 15) is 8.78 Å². The first-order valence-electron chi connectivity index (χ1n) is 7.49. The highest BCUT2D eigenvalue weighted by atomic mass is 19.3. The SMILES string of the molecule is FC(F)CC(CNc1ccc2c(c1)COC2)c1ccccc1. The third kappa shape index (κ3) is 3.63. The van der Waals surface area contributed by atoms with Crippen LogP contribution >= 0.6 is 0 Å². The molecular formula is C18H19F2NO. The molecule has 0 bridgehead atoms. The maximum atomic E-state index is 12.8. The van der Waals surface area contributed by atoms with Gasteiger partial charge in [-0.2, -0.15) is 0 Å². The van der Waals surface area contributed by atoms with Crippen LogP contribution in [0.3, 0.4) is 0 Å². The lowest BCUT2D eigenvalue weighted by atomic mass is 9.95. The summed E-state index contributed by atoms with van der Waals surface area (Å²) < 4.78 is 31.1. The topological polar surface area (TPSA) is 21.3 Å². The number of rotatable bonds is 6. The second kappa shape index (κ2) is 6.88. The lowest BCUT2D eigenvalue weighted by molar-refractivity contribution is 0.129. The molecule has 0 aliphatic carbocycles. The number of hydrogen-bond acceptors (Lipinski definition) is 2. The Morgan fingerprint density at radius 2 is 1.77 bits per heavy atom. The molecule has 2 aromatic rings. The Kier molecular flexibility index (Phi) is 4.68. The third-order valence-electron chi connectivity index (χ3n) is 4.01. The second-order valence-corrected chi connectivity index (χ2v) is 5.59. The maximum absolute atomic E-state index is 12.8. The molecule has 2 aromatic carbocycles. The van der Waals surface area contributed by atoms with E-state index >= 15 is 0 Å². The molecule has 0 aromatic heterocycles. The first-order chi connectivity index (χ1) is 10.7. The average molecular weight is 303 g/mol. The molecule has 116 valence electrons. The van der Waals surface area contributed by atoms with Crippen molar-refractivity contribution < 1.29 is 13.5 Å². The minimum Gasteiger partial charge on any atom is -0.384 e. The molecule has 1 atom stereocenters. The van der Waals surface area contributed by atoms with E-state index in [-0.39, 0.29) is 12.3 Å². The Hall–Kier alpha value is -1.94. The van der Waals surface area contributed by atoms with E-state index < -0.39 is 6.43 Å². The zero-order valence-electron chi connectivity index (χ0n) is 12.3. The summed E-state index contributed by atoms with van der Waals surface area (Å²) in [6.45, 7) is 1.78. The van der Waals surface area contributed by atoms with Gasteiger partial charge in [0, 0.05) is 24.6 Å². The van der Waals surface area contributed by atoms with Crippen LogP contribution in [0.25, 0.3) is 0 Å². The summed E-state index contributed by atoms with van der Waals surface area (Å²) in [5.74, 6) is -0.203. The van der Waals surface area contributed by atoms with Crippen molar-refractivity contribution in [2.24, 2.45) is 0 Å². The highest BCUT2D eigenvalue weighted by Crippen LogP contribution is 2.26. The molecule has 22 heavy (non-hydrogen) atoms. The van der Waals surface area contributed by atoms with E-state index in [1.807, 2.05) is 48.5 Å². The third-order valence-corrected chi connectivity index (χ3v) is 4.01. The van der Waals surface area contributed by atoms with Crippen LogP contribution in [0, 0.1) is 0 Å². The molecule has 1 N–H and O–H groups in total. The predicted molar refractivity (Wildman–Crippen MR) is 83.2 cm³/mol. The van der Waals surface area contributed by atoms with Crippen LogP contribution in [0.2, 0.25) is 0 Å². The molecule has 0 saturated heterocycles. The van der Waals surface area contributed by atoms with Gasteiger partial charge in [-0.3, -0.25) is 0 Å². The van der Waals surface area contributed by atoms with Crippen LogP contribution in [-0.2, 0) is 18.0 Å². The fourth-order valence-corrected chi connectivity index (χ4v) is 2.80. The summed E-state index contributed by atoms with van der Waals surface area (Å²) >= 11 is 0. The lowest BCUT2D eigenvalue weighted by Crippen LogP contribution is -2.15. The largest absolute Gasteiger partial charge is 0.384 e. The molecule has 4 heteroatoms. The summed E-state index contributed by atoms with van der Waals surface area (Å²) in [7, 11) is 0. The van der Waals surface area contributed by atoms with Crippen molar-refractivity contribution in [1.29, 1.82) is 0 Å². The quantitative estimate of drug-likeness (QED) is 0.844. The molecule has 0 spiro atoms. The molecular weight excluding hydrogens is 284 g/mol. The minimum absolute atomic E-state index is 0.134. The minimum atomic E-state index is -2.31. The van der Waals surface area contributed by atoms with Gasteiger partial charge >= 0.3 is 0 Å². The molecule has 1 aliphatic heterocycles. The Labute approximate surface area is 129 Å². The van der Waals surface area contributed by atoms with Crippen LogP contribution in [0.5, 0.6) is 0 Å². The normalized spacial score (nSPS) is 14.9. The van der Waals surface area contributed by atoms with Gasteiger partial charge in [-0.05, 0) is 28.8 Å². The van der Waals surface area contributed by atoms with E-state index in [0.717, 1.165) is 11.3 Å². The summed E-state index contributed by atoms with van der Waals surface area (Å²) in [5, 5.41) is 3.29. The van der Waals surface area contributed by atoms with Crippen LogP contribution in [0.15, 0.2) is 48.5 Å². The number of fused-ring (bicyclic) bond motifs is 1. The zero-order chi connectivity index (χ0) is 15.4. The van der Waals surface area contributed by atoms with Crippen LogP contribution in [-0.4, -0.2) is 13.0 Å². The summed E-state index contributed by atoms with van der Waals surface area (Å²) in [5.41, 5.74) is 4.28. The molecule has 0 radical (unpaired) electrons. The van der Waals surface area contributed by atoms with E-state index in [4.69, 9.17) is 4.74 Å². The molecule has 1 heterocycles. The number of hydrogen-bond donors (Lipinski definition) is 1. The van der Waals surface area contributed by atoms with Crippen molar-refractivity contribution in [3.63, 3.8) is 0 Å². The second-order valence-electron chi connectivity index (χ2n) is 5.59. The number of anilines is 1. The molecule has 0 saturated carbocycles. The standard InChI is InChI=1S/C18H19F2NO/c19-18(20)9-15(13-4-2-1-3-5-13)10-21-17-7-6-14-11-22-12-16(14)8-17/h1-8,15,18,21H,9-12H2. The average Bonchev–Trinajstić information content (AvgIpc) is 2.99. The van der Waals surface area contributed by atoms with Crippen molar-refractivity contribution in [3.8, 4) is 0 Å². The van der Waals surface area contributed by atoms with Gasteiger partial charge in [-0.15, -0.1) is 0 Å². The summed E-state index contributed by atoms with van der Waals surface area (Å²) in [6.07, 6.45) is -2.44. The molecule has 0 amide bonds. The predicted octanol–water partition coefficient (Wildman–Crippen LogP) is 4.57. The van der Waals surface area contributed by atoms with Crippen molar-refractivity contribution in [1.82, 2.24) is 0 Å². The van der Waals surface area contributed by atoms with Gasteiger partial charge in [0.2, 0.25) is 6.43 Å². The smallest absolute Gasteiger partial charge is 0.239 e. The number of halogens is 2. The van der Waals surface area contributed by atoms with Crippen molar-refractivity contribution in [3.05, 3.63) is 65.2 Å². The fraction of sp³-hybridized carbons (Fsp3) is 0.333. The molecule has 1 aliphatic rings. The van der Waals surface area contributed by atoms with Gasteiger partial charge in [0.05, 0.1) is 13.2 Å². The highest BCUT2D eigenvalue weighted by Gasteiger charge is 2.17. The maximum Gasteiger partial charge on any atom is 0.239 e. The van der Waals surface area contributed by atoms with Gasteiger partial charge in [0.15, 0.2) is 0 Å². The van der Waals surface area contributed by atoms with Crippen molar-refractivity contribution in [2.75, 3.05) is 11.9 Å². The van der Waals surface area contributed by atoms with Gasteiger partial charge in [-0.1, -0.05) is 36.4 Å².